The number of hydrogen-bond acceptors (Lipinski definition) is 3. The van der Waals surface area contributed by atoms with Crippen molar-refractivity contribution in [3.63, 3.8) is 0 Å². The average Bonchev–Trinajstić information content (AvgIpc) is 2.31. The molecular formula is C8H12N4. The Balaban J connectivity index is 2.52. The van der Waals surface area contributed by atoms with Gasteiger partial charge in [0.05, 0.1) is 23.9 Å². The summed E-state index contributed by atoms with van der Waals surface area (Å²) in [7, 11) is 1.88. The van der Waals surface area contributed by atoms with Crippen molar-refractivity contribution in [3.8, 4) is 6.07 Å². The SMILES string of the molecule is Cc1nn(C)cc1NCCC#N. The number of aryl methyl sites for hydroxylation is 2. The first kappa shape index (κ1) is 8.60. The molecule has 1 rings (SSSR count). The normalized spacial score (nSPS) is 9.42. The maximum atomic E-state index is 8.31. The van der Waals surface area contributed by atoms with Crippen molar-refractivity contribution in [1.82, 2.24) is 9.78 Å². The minimum Gasteiger partial charge on any atom is -0.381 e. The van der Waals surface area contributed by atoms with E-state index in [1.165, 1.54) is 0 Å². The van der Waals surface area contributed by atoms with E-state index < -0.39 is 0 Å². The fourth-order valence-corrected chi connectivity index (χ4v) is 1.03. The Bertz CT molecular complexity index is 294. The van der Waals surface area contributed by atoms with Crippen LogP contribution in [0.3, 0.4) is 0 Å². The third-order valence-corrected chi connectivity index (χ3v) is 1.57. The van der Waals surface area contributed by atoms with Crippen LogP contribution in [0.5, 0.6) is 0 Å². The summed E-state index contributed by atoms with van der Waals surface area (Å²) >= 11 is 0. The van der Waals surface area contributed by atoms with Crippen LogP contribution >= 0.6 is 0 Å². The van der Waals surface area contributed by atoms with E-state index in [1.54, 1.807) is 4.68 Å². The first-order valence-electron chi connectivity index (χ1n) is 3.85. The number of hydrogen-bond donors (Lipinski definition) is 1. The van der Waals surface area contributed by atoms with Gasteiger partial charge in [0.1, 0.15) is 0 Å². The van der Waals surface area contributed by atoms with Crippen molar-refractivity contribution in [2.24, 2.45) is 7.05 Å². The average molecular weight is 164 g/mol. The smallest absolute Gasteiger partial charge is 0.0824 e. The van der Waals surface area contributed by atoms with E-state index in [2.05, 4.69) is 16.5 Å². The van der Waals surface area contributed by atoms with Crippen LogP contribution in [-0.4, -0.2) is 16.3 Å². The van der Waals surface area contributed by atoms with Crippen LogP contribution in [0, 0.1) is 18.3 Å². The molecule has 0 aliphatic carbocycles. The van der Waals surface area contributed by atoms with Crippen molar-refractivity contribution in [2.45, 2.75) is 13.3 Å². The Morgan fingerprint density at radius 3 is 3.00 bits per heavy atom. The molecule has 4 nitrogen and oxygen atoms in total. The second-order valence-electron chi connectivity index (χ2n) is 2.64. The zero-order valence-electron chi connectivity index (χ0n) is 7.33. The Kier molecular flexibility index (Phi) is 2.70. The summed E-state index contributed by atoms with van der Waals surface area (Å²) in [4.78, 5) is 0. The van der Waals surface area contributed by atoms with Gasteiger partial charge in [-0.2, -0.15) is 10.4 Å². The molecule has 0 atom stereocenters. The highest BCUT2D eigenvalue weighted by atomic mass is 15.3. The summed E-state index contributed by atoms with van der Waals surface area (Å²) in [5.41, 5.74) is 1.98. The molecule has 0 fully saturated rings. The molecule has 0 aliphatic rings. The lowest BCUT2D eigenvalue weighted by Crippen LogP contribution is -2.00. The predicted molar refractivity (Wildman–Crippen MR) is 46.7 cm³/mol. The molecule has 0 amide bonds. The molecular weight excluding hydrogens is 152 g/mol. The summed E-state index contributed by atoms with van der Waals surface area (Å²) in [6.45, 7) is 2.62. The van der Waals surface area contributed by atoms with Gasteiger partial charge in [0, 0.05) is 19.8 Å². The molecule has 0 radical (unpaired) electrons. The maximum absolute atomic E-state index is 8.31. The second kappa shape index (κ2) is 3.77. The first-order chi connectivity index (χ1) is 5.74. The third-order valence-electron chi connectivity index (χ3n) is 1.57. The van der Waals surface area contributed by atoms with E-state index >= 15 is 0 Å². The van der Waals surface area contributed by atoms with Crippen LogP contribution in [0.1, 0.15) is 12.1 Å². The third kappa shape index (κ3) is 1.99. The molecule has 1 aromatic rings. The molecule has 0 aliphatic heterocycles. The number of anilines is 1. The van der Waals surface area contributed by atoms with Gasteiger partial charge in [-0.1, -0.05) is 0 Å². The van der Waals surface area contributed by atoms with Crippen LogP contribution in [0.15, 0.2) is 6.20 Å². The van der Waals surface area contributed by atoms with Crippen LogP contribution in [-0.2, 0) is 7.05 Å². The summed E-state index contributed by atoms with van der Waals surface area (Å²) in [5, 5.41) is 15.6. The topological polar surface area (TPSA) is 53.6 Å². The van der Waals surface area contributed by atoms with Crippen LogP contribution in [0.25, 0.3) is 0 Å². The summed E-state index contributed by atoms with van der Waals surface area (Å²) in [6.07, 6.45) is 2.43. The van der Waals surface area contributed by atoms with Crippen LogP contribution < -0.4 is 5.32 Å². The molecule has 0 bridgehead atoms. The van der Waals surface area contributed by atoms with Crippen molar-refractivity contribution in [3.05, 3.63) is 11.9 Å². The lowest BCUT2D eigenvalue weighted by molar-refractivity contribution is 0.756. The summed E-state index contributed by atoms with van der Waals surface area (Å²) in [6, 6.07) is 2.07. The quantitative estimate of drug-likeness (QED) is 0.679. The van der Waals surface area contributed by atoms with Crippen molar-refractivity contribution in [2.75, 3.05) is 11.9 Å². The minimum absolute atomic E-state index is 0.522. The highest BCUT2D eigenvalue weighted by Crippen LogP contribution is 2.10. The zero-order chi connectivity index (χ0) is 8.97. The molecule has 0 aromatic carbocycles. The maximum Gasteiger partial charge on any atom is 0.0824 e. The van der Waals surface area contributed by atoms with Gasteiger partial charge in [-0.25, -0.2) is 0 Å². The van der Waals surface area contributed by atoms with Crippen molar-refractivity contribution < 1.29 is 0 Å². The van der Waals surface area contributed by atoms with Gasteiger partial charge in [-0.3, -0.25) is 4.68 Å². The standard InChI is InChI=1S/C8H12N4/c1-7-8(6-12(2)11-7)10-5-3-4-9/h6,10H,3,5H2,1-2H3. The van der Waals surface area contributed by atoms with Gasteiger partial charge >= 0.3 is 0 Å². The molecule has 0 saturated heterocycles. The fraction of sp³-hybridized carbons (Fsp3) is 0.500. The molecule has 1 aromatic heterocycles. The molecule has 0 unspecified atom stereocenters. The molecule has 4 heteroatoms. The second-order valence-corrected chi connectivity index (χ2v) is 2.64. The van der Waals surface area contributed by atoms with E-state index in [-0.39, 0.29) is 0 Å². The number of nitrogens with one attached hydrogen (secondary N) is 1. The largest absolute Gasteiger partial charge is 0.381 e. The summed E-state index contributed by atoms with van der Waals surface area (Å²) < 4.78 is 1.75. The Morgan fingerprint density at radius 1 is 1.75 bits per heavy atom. The number of aromatic nitrogens is 2. The number of nitrogens with zero attached hydrogens (tertiary/aromatic N) is 3. The molecule has 0 spiro atoms. The van der Waals surface area contributed by atoms with Gasteiger partial charge in [0.15, 0.2) is 0 Å². The zero-order valence-corrected chi connectivity index (χ0v) is 7.33. The van der Waals surface area contributed by atoms with Crippen LogP contribution in [0.2, 0.25) is 0 Å². The molecule has 12 heavy (non-hydrogen) atoms. The lowest BCUT2D eigenvalue weighted by Gasteiger charge is -1.98. The predicted octanol–water partition coefficient (Wildman–Crippen LogP) is 1.05. The van der Waals surface area contributed by atoms with Crippen LogP contribution in [0.4, 0.5) is 5.69 Å². The molecule has 0 saturated carbocycles. The van der Waals surface area contributed by atoms with E-state index in [0.717, 1.165) is 11.4 Å². The lowest BCUT2D eigenvalue weighted by atomic mass is 10.4. The monoisotopic (exact) mass is 164 g/mol. The minimum atomic E-state index is 0.522. The van der Waals surface area contributed by atoms with E-state index in [0.29, 0.717) is 13.0 Å². The highest BCUT2D eigenvalue weighted by molar-refractivity contribution is 5.45. The fourth-order valence-electron chi connectivity index (χ4n) is 1.03. The van der Waals surface area contributed by atoms with Gasteiger partial charge in [-0.15, -0.1) is 0 Å². The van der Waals surface area contributed by atoms with Gasteiger partial charge < -0.3 is 5.32 Å². The number of rotatable bonds is 3. The van der Waals surface area contributed by atoms with Crippen molar-refractivity contribution >= 4 is 5.69 Å². The molecule has 1 heterocycles. The Labute approximate surface area is 71.8 Å². The van der Waals surface area contributed by atoms with Gasteiger partial charge in [0.25, 0.3) is 0 Å². The van der Waals surface area contributed by atoms with Gasteiger partial charge in [-0.05, 0) is 6.92 Å². The molecule has 64 valence electrons. The van der Waals surface area contributed by atoms with E-state index in [1.807, 2.05) is 20.2 Å². The van der Waals surface area contributed by atoms with E-state index in [4.69, 9.17) is 5.26 Å². The Morgan fingerprint density at radius 2 is 2.50 bits per heavy atom. The van der Waals surface area contributed by atoms with Gasteiger partial charge in [0.2, 0.25) is 0 Å². The molecule has 1 N–H and O–H groups in total. The van der Waals surface area contributed by atoms with Crippen molar-refractivity contribution in [1.29, 1.82) is 5.26 Å². The first-order valence-corrected chi connectivity index (χ1v) is 3.85. The van der Waals surface area contributed by atoms with E-state index in [9.17, 15) is 0 Å². The number of nitriles is 1. The Hall–Kier alpha value is -1.50. The highest BCUT2D eigenvalue weighted by Gasteiger charge is 2.00. The summed E-state index contributed by atoms with van der Waals surface area (Å²) in [5.74, 6) is 0.